The summed E-state index contributed by atoms with van der Waals surface area (Å²) >= 11 is 1.30. The Balaban J connectivity index is 2.13. The first-order chi connectivity index (χ1) is 7.81. The highest BCUT2D eigenvalue weighted by molar-refractivity contribution is 7.99. The van der Waals surface area contributed by atoms with E-state index >= 15 is 0 Å². The average molecular weight is 237 g/mol. The Morgan fingerprint density at radius 1 is 1.38 bits per heavy atom. The monoisotopic (exact) mass is 237 g/mol. The molecule has 0 aliphatic heterocycles. The van der Waals surface area contributed by atoms with Crippen LogP contribution in [0, 0.1) is 0 Å². The van der Waals surface area contributed by atoms with Gasteiger partial charge in [-0.1, -0.05) is 6.92 Å². The van der Waals surface area contributed by atoms with Crippen LogP contribution in [0.3, 0.4) is 0 Å². The highest BCUT2D eigenvalue weighted by Crippen LogP contribution is 2.21. The van der Waals surface area contributed by atoms with Gasteiger partial charge in [-0.05, 0) is 11.8 Å². The zero-order chi connectivity index (χ0) is 11.4. The predicted molar refractivity (Wildman–Crippen MR) is 58.5 cm³/mol. The summed E-state index contributed by atoms with van der Waals surface area (Å²) in [7, 11) is 1.57. The largest absolute Gasteiger partial charge is 0.481 e. The predicted octanol–water partition coefficient (Wildman–Crippen LogP) is 1.32. The lowest BCUT2D eigenvalue weighted by atomic mass is 10.5. The molecule has 2 aromatic rings. The number of aromatic nitrogens is 5. The van der Waals surface area contributed by atoms with Gasteiger partial charge in [0.1, 0.15) is 5.82 Å². The molecule has 0 unspecified atom stereocenters. The first-order valence-corrected chi connectivity index (χ1v) is 5.59. The van der Waals surface area contributed by atoms with Gasteiger partial charge in [-0.25, -0.2) is 9.97 Å². The molecule has 0 aliphatic carbocycles. The molecule has 2 heterocycles. The number of aryl methyl sites for hydroxylation is 1. The normalized spacial score (nSPS) is 10.4. The zero-order valence-corrected chi connectivity index (χ0v) is 9.78. The van der Waals surface area contributed by atoms with Crippen LogP contribution in [0.4, 0.5) is 0 Å². The molecule has 0 aliphatic rings. The van der Waals surface area contributed by atoms with Gasteiger partial charge in [-0.15, -0.1) is 5.10 Å². The molecule has 0 fully saturated rings. The minimum atomic E-state index is 0.531. The summed E-state index contributed by atoms with van der Waals surface area (Å²) in [5, 5.41) is 8.07. The Morgan fingerprint density at radius 3 is 2.94 bits per heavy atom. The molecule has 2 rings (SSSR count). The van der Waals surface area contributed by atoms with Crippen LogP contribution in [0.25, 0.3) is 0 Å². The number of hydrogen-bond acceptors (Lipinski definition) is 6. The van der Waals surface area contributed by atoms with Gasteiger partial charge < -0.3 is 4.74 Å². The van der Waals surface area contributed by atoms with Crippen LogP contribution < -0.4 is 4.74 Å². The number of ether oxygens (including phenoxy) is 1. The third kappa shape index (κ3) is 2.48. The first-order valence-electron chi connectivity index (χ1n) is 4.78. The Morgan fingerprint density at radius 2 is 2.25 bits per heavy atom. The van der Waals surface area contributed by atoms with Crippen molar-refractivity contribution in [3.05, 3.63) is 18.1 Å². The fraction of sp³-hybridized carbons (Fsp3) is 0.333. The molecular formula is C9H11N5OS. The molecule has 0 radical (unpaired) electrons. The average Bonchev–Trinajstić information content (AvgIpc) is 2.77. The smallest absolute Gasteiger partial charge is 0.217 e. The van der Waals surface area contributed by atoms with Gasteiger partial charge in [0.25, 0.3) is 0 Å². The van der Waals surface area contributed by atoms with E-state index in [1.54, 1.807) is 19.4 Å². The van der Waals surface area contributed by atoms with Crippen molar-refractivity contribution in [2.75, 3.05) is 7.11 Å². The van der Waals surface area contributed by atoms with Crippen LogP contribution >= 0.6 is 11.8 Å². The second kappa shape index (κ2) is 4.93. The molecule has 84 valence electrons. The Labute approximate surface area is 96.9 Å². The van der Waals surface area contributed by atoms with Gasteiger partial charge in [-0.3, -0.25) is 5.10 Å². The van der Waals surface area contributed by atoms with Crippen LogP contribution in [0.15, 0.2) is 22.6 Å². The van der Waals surface area contributed by atoms with Crippen LogP contribution in [-0.2, 0) is 6.42 Å². The highest BCUT2D eigenvalue weighted by Gasteiger charge is 2.07. The molecule has 0 amide bonds. The molecule has 7 heteroatoms. The molecule has 0 atom stereocenters. The summed E-state index contributed by atoms with van der Waals surface area (Å²) in [5.74, 6) is 1.38. The van der Waals surface area contributed by atoms with E-state index in [1.807, 2.05) is 6.92 Å². The zero-order valence-electron chi connectivity index (χ0n) is 8.97. The quantitative estimate of drug-likeness (QED) is 0.808. The molecule has 0 spiro atoms. The van der Waals surface area contributed by atoms with Gasteiger partial charge in [0.05, 0.1) is 7.11 Å². The van der Waals surface area contributed by atoms with E-state index < -0.39 is 0 Å². The molecule has 0 aromatic carbocycles. The third-order valence-corrected chi connectivity index (χ3v) is 2.59. The van der Waals surface area contributed by atoms with Crippen molar-refractivity contribution in [1.82, 2.24) is 25.1 Å². The summed E-state index contributed by atoms with van der Waals surface area (Å²) in [6, 6.07) is 1.69. The fourth-order valence-electron chi connectivity index (χ4n) is 1.05. The van der Waals surface area contributed by atoms with Crippen molar-refractivity contribution in [3.8, 4) is 5.88 Å². The van der Waals surface area contributed by atoms with Crippen LogP contribution in [0.5, 0.6) is 5.88 Å². The van der Waals surface area contributed by atoms with Gasteiger partial charge in [0.15, 0.2) is 5.16 Å². The molecule has 0 saturated heterocycles. The fourth-order valence-corrected chi connectivity index (χ4v) is 1.71. The van der Waals surface area contributed by atoms with Gasteiger partial charge in [0, 0.05) is 18.7 Å². The van der Waals surface area contributed by atoms with E-state index in [9.17, 15) is 0 Å². The van der Waals surface area contributed by atoms with E-state index in [0.717, 1.165) is 12.2 Å². The summed E-state index contributed by atoms with van der Waals surface area (Å²) in [5.41, 5.74) is 0. The van der Waals surface area contributed by atoms with Crippen molar-refractivity contribution in [2.24, 2.45) is 0 Å². The number of aromatic amines is 1. The van der Waals surface area contributed by atoms with Gasteiger partial charge in [0.2, 0.25) is 11.0 Å². The van der Waals surface area contributed by atoms with E-state index in [-0.39, 0.29) is 0 Å². The van der Waals surface area contributed by atoms with Crippen molar-refractivity contribution in [2.45, 2.75) is 23.7 Å². The summed E-state index contributed by atoms with van der Waals surface area (Å²) in [6.45, 7) is 2.01. The minimum Gasteiger partial charge on any atom is -0.481 e. The molecule has 0 bridgehead atoms. The van der Waals surface area contributed by atoms with E-state index in [2.05, 4.69) is 25.1 Å². The standard InChI is InChI=1S/C9H11N5OS/c1-3-6-11-9(14-13-6)16-8-10-5-4-7(12-8)15-2/h4-5H,3H2,1-2H3,(H,11,13,14). The maximum absolute atomic E-state index is 5.01. The number of methoxy groups -OCH3 is 1. The van der Waals surface area contributed by atoms with Crippen LogP contribution in [-0.4, -0.2) is 32.3 Å². The Kier molecular flexibility index (Phi) is 3.35. The first kappa shape index (κ1) is 10.9. The van der Waals surface area contributed by atoms with Gasteiger partial charge >= 0.3 is 0 Å². The Hall–Kier alpha value is -1.63. The van der Waals surface area contributed by atoms with Crippen LogP contribution in [0.2, 0.25) is 0 Å². The van der Waals surface area contributed by atoms with E-state index in [1.165, 1.54) is 11.8 Å². The SMILES string of the molecule is CCc1nc(Sc2nccc(OC)n2)n[nH]1. The van der Waals surface area contributed by atoms with E-state index in [4.69, 9.17) is 4.74 Å². The number of nitrogens with zero attached hydrogens (tertiary/aromatic N) is 4. The van der Waals surface area contributed by atoms with Crippen molar-refractivity contribution in [3.63, 3.8) is 0 Å². The van der Waals surface area contributed by atoms with Crippen molar-refractivity contribution in [1.29, 1.82) is 0 Å². The second-order valence-corrected chi connectivity index (χ2v) is 3.84. The number of rotatable bonds is 4. The lowest BCUT2D eigenvalue weighted by Gasteiger charge is -1.98. The van der Waals surface area contributed by atoms with Crippen molar-refractivity contribution >= 4 is 11.8 Å². The second-order valence-electron chi connectivity index (χ2n) is 2.90. The molecule has 16 heavy (non-hydrogen) atoms. The molecular weight excluding hydrogens is 226 g/mol. The molecule has 2 aromatic heterocycles. The molecule has 0 saturated carbocycles. The number of hydrogen-bond donors (Lipinski definition) is 1. The van der Waals surface area contributed by atoms with Crippen LogP contribution in [0.1, 0.15) is 12.7 Å². The number of H-pyrrole nitrogens is 1. The Bertz CT molecular complexity index is 472. The minimum absolute atomic E-state index is 0.531. The van der Waals surface area contributed by atoms with E-state index in [0.29, 0.717) is 16.2 Å². The summed E-state index contributed by atoms with van der Waals surface area (Å²) < 4.78 is 5.01. The number of nitrogens with one attached hydrogen (secondary N) is 1. The van der Waals surface area contributed by atoms with Crippen molar-refractivity contribution < 1.29 is 4.74 Å². The molecule has 6 nitrogen and oxygen atoms in total. The van der Waals surface area contributed by atoms with Gasteiger partial charge in [-0.2, -0.15) is 4.98 Å². The maximum Gasteiger partial charge on any atom is 0.217 e. The summed E-state index contributed by atoms with van der Waals surface area (Å²) in [6.07, 6.45) is 2.47. The molecule has 1 N–H and O–H groups in total. The third-order valence-electron chi connectivity index (χ3n) is 1.85. The maximum atomic E-state index is 5.01. The lowest BCUT2D eigenvalue weighted by molar-refractivity contribution is 0.392. The lowest BCUT2D eigenvalue weighted by Crippen LogP contribution is -1.91. The highest BCUT2D eigenvalue weighted by atomic mass is 32.2. The topological polar surface area (TPSA) is 76.6 Å². The summed E-state index contributed by atoms with van der Waals surface area (Å²) in [4.78, 5) is 12.5.